The van der Waals surface area contributed by atoms with Crippen molar-refractivity contribution < 1.29 is 8.83 Å². The number of para-hydroxylation sites is 2. The van der Waals surface area contributed by atoms with Gasteiger partial charge in [0.15, 0.2) is 0 Å². The largest absolute Gasteiger partial charge is 0.456 e. The van der Waals surface area contributed by atoms with E-state index in [4.69, 9.17) is 13.8 Å². The van der Waals surface area contributed by atoms with Crippen LogP contribution in [0.4, 0.5) is 17.2 Å². The topological polar surface area (TPSA) is 55.3 Å². The maximum Gasteiger partial charge on any atom is 0.227 e. The minimum atomic E-state index is 0.637. The highest BCUT2D eigenvalue weighted by molar-refractivity contribution is 6.06. The third-order valence-electron chi connectivity index (χ3n) is 5.98. The molecule has 0 radical (unpaired) electrons. The van der Waals surface area contributed by atoms with Crippen molar-refractivity contribution in [3.05, 3.63) is 103 Å². The molecule has 0 aliphatic rings. The van der Waals surface area contributed by atoms with Crippen LogP contribution in [0.25, 0.3) is 44.0 Å². The number of aromatic nitrogens is 2. The Labute approximate surface area is 188 Å². The van der Waals surface area contributed by atoms with Crippen molar-refractivity contribution in [3.63, 3.8) is 0 Å². The van der Waals surface area contributed by atoms with Gasteiger partial charge in [-0.25, -0.2) is 9.97 Å². The maximum atomic E-state index is 6.13. The number of furan rings is 2. The molecule has 0 saturated carbocycles. The molecule has 0 aliphatic carbocycles. The van der Waals surface area contributed by atoms with E-state index in [0.717, 1.165) is 55.5 Å². The Morgan fingerprint density at radius 2 is 1.33 bits per heavy atom. The van der Waals surface area contributed by atoms with Gasteiger partial charge in [0, 0.05) is 51.8 Å². The first-order valence-corrected chi connectivity index (χ1v) is 10.7. The SMILES string of the molecule is c1ccc(N(c2ccc3c(c2)oc2ncccc23)c2cc3oc4ccccc4c3cn2)cc1. The third-order valence-corrected chi connectivity index (χ3v) is 5.98. The van der Waals surface area contributed by atoms with Crippen LogP contribution in [0.3, 0.4) is 0 Å². The maximum absolute atomic E-state index is 6.13. The molecule has 0 N–H and O–H groups in total. The summed E-state index contributed by atoms with van der Waals surface area (Å²) < 4.78 is 12.2. The highest BCUT2D eigenvalue weighted by atomic mass is 16.3. The summed E-state index contributed by atoms with van der Waals surface area (Å²) in [6.07, 6.45) is 3.63. The van der Waals surface area contributed by atoms with E-state index < -0.39 is 0 Å². The van der Waals surface area contributed by atoms with Crippen LogP contribution in [-0.2, 0) is 0 Å². The minimum Gasteiger partial charge on any atom is -0.456 e. The van der Waals surface area contributed by atoms with E-state index in [1.807, 2.05) is 66.9 Å². The molecule has 33 heavy (non-hydrogen) atoms. The average Bonchev–Trinajstić information content (AvgIpc) is 3.42. The Balaban J connectivity index is 1.45. The van der Waals surface area contributed by atoms with Crippen LogP contribution >= 0.6 is 0 Å². The van der Waals surface area contributed by atoms with Crippen LogP contribution in [0.1, 0.15) is 0 Å². The van der Waals surface area contributed by atoms with Gasteiger partial charge in [-0.1, -0.05) is 36.4 Å². The van der Waals surface area contributed by atoms with E-state index in [1.165, 1.54) is 0 Å². The highest BCUT2D eigenvalue weighted by Crippen LogP contribution is 2.39. The van der Waals surface area contributed by atoms with Gasteiger partial charge in [-0.2, -0.15) is 0 Å². The molecular weight excluding hydrogens is 410 g/mol. The molecule has 3 aromatic carbocycles. The fraction of sp³-hybridized carbons (Fsp3) is 0. The second-order valence-electron chi connectivity index (χ2n) is 7.95. The van der Waals surface area contributed by atoms with Gasteiger partial charge in [-0.3, -0.25) is 4.90 Å². The number of hydrogen-bond acceptors (Lipinski definition) is 5. The summed E-state index contributed by atoms with van der Waals surface area (Å²) >= 11 is 0. The summed E-state index contributed by atoms with van der Waals surface area (Å²) in [6, 6.07) is 30.3. The van der Waals surface area contributed by atoms with Crippen LogP contribution < -0.4 is 4.90 Å². The Morgan fingerprint density at radius 1 is 0.545 bits per heavy atom. The lowest BCUT2D eigenvalue weighted by molar-refractivity contribution is 0.654. The second-order valence-corrected chi connectivity index (χ2v) is 7.95. The number of benzene rings is 3. The van der Waals surface area contributed by atoms with Gasteiger partial charge in [0.05, 0.1) is 5.69 Å². The quantitative estimate of drug-likeness (QED) is 0.289. The van der Waals surface area contributed by atoms with Crippen molar-refractivity contribution in [2.75, 3.05) is 4.90 Å². The fourth-order valence-corrected chi connectivity index (χ4v) is 4.46. The zero-order chi connectivity index (χ0) is 21.8. The van der Waals surface area contributed by atoms with Crippen LogP contribution in [0.5, 0.6) is 0 Å². The molecule has 156 valence electrons. The zero-order valence-corrected chi connectivity index (χ0v) is 17.5. The molecule has 0 bridgehead atoms. The first kappa shape index (κ1) is 18.0. The molecule has 0 aliphatic heterocycles. The Bertz CT molecular complexity index is 1670. The van der Waals surface area contributed by atoms with Crippen molar-refractivity contribution in [1.82, 2.24) is 9.97 Å². The monoisotopic (exact) mass is 427 g/mol. The van der Waals surface area contributed by atoms with E-state index in [1.54, 1.807) is 6.20 Å². The molecule has 5 nitrogen and oxygen atoms in total. The molecule has 7 aromatic rings. The predicted molar refractivity (Wildman–Crippen MR) is 131 cm³/mol. The Morgan fingerprint density at radius 3 is 2.27 bits per heavy atom. The number of nitrogens with zero attached hydrogens (tertiary/aromatic N) is 3. The number of anilines is 3. The van der Waals surface area contributed by atoms with E-state index in [2.05, 4.69) is 40.2 Å². The van der Waals surface area contributed by atoms with Crippen molar-refractivity contribution in [1.29, 1.82) is 0 Å². The van der Waals surface area contributed by atoms with Crippen LogP contribution in [0, 0.1) is 0 Å². The normalized spacial score (nSPS) is 11.6. The third kappa shape index (κ3) is 2.79. The van der Waals surface area contributed by atoms with Crippen LogP contribution in [-0.4, -0.2) is 9.97 Å². The first-order chi connectivity index (χ1) is 16.3. The van der Waals surface area contributed by atoms with E-state index in [0.29, 0.717) is 5.71 Å². The summed E-state index contributed by atoms with van der Waals surface area (Å²) in [5, 5.41) is 4.11. The molecular formula is C28H17N3O2. The Hall–Kier alpha value is -4.64. The van der Waals surface area contributed by atoms with Crippen molar-refractivity contribution in [2.45, 2.75) is 0 Å². The molecule has 0 unspecified atom stereocenters. The van der Waals surface area contributed by atoms with Gasteiger partial charge in [0.25, 0.3) is 0 Å². The van der Waals surface area contributed by atoms with Crippen molar-refractivity contribution in [3.8, 4) is 0 Å². The fourth-order valence-electron chi connectivity index (χ4n) is 4.46. The molecule has 0 amide bonds. The molecule has 0 atom stereocenters. The standard InChI is InChI=1S/C28H17N3O2/c1-2-7-18(8-3-1)31(19-12-13-21-22-10-6-14-29-28(22)33-25(21)15-19)27-16-26-23(17-30-27)20-9-4-5-11-24(20)32-26/h1-17H. The minimum absolute atomic E-state index is 0.637. The summed E-state index contributed by atoms with van der Waals surface area (Å²) in [5.41, 5.74) is 5.01. The van der Waals surface area contributed by atoms with Crippen LogP contribution in [0.2, 0.25) is 0 Å². The summed E-state index contributed by atoms with van der Waals surface area (Å²) in [7, 11) is 0. The summed E-state index contributed by atoms with van der Waals surface area (Å²) in [4.78, 5) is 11.3. The first-order valence-electron chi connectivity index (χ1n) is 10.7. The van der Waals surface area contributed by atoms with E-state index >= 15 is 0 Å². The lowest BCUT2D eigenvalue weighted by atomic mass is 10.1. The predicted octanol–water partition coefficient (Wildman–Crippen LogP) is 7.75. The second kappa shape index (κ2) is 6.93. The van der Waals surface area contributed by atoms with E-state index in [-0.39, 0.29) is 0 Å². The number of pyridine rings is 2. The van der Waals surface area contributed by atoms with Crippen molar-refractivity contribution >= 4 is 61.2 Å². The molecule has 5 heteroatoms. The van der Waals surface area contributed by atoms with Gasteiger partial charge < -0.3 is 8.83 Å². The molecule has 0 spiro atoms. The van der Waals surface area contributed by atoms with Gasteiger partial charge in [0.1, 0.15) is 22.6 Å². The molecule has 7 rings (SSSR count). The summed E-state index contributed by atoms with van der Waals surface area (Å²) in [5.74, 6) is 0.765. The zero-order valence-electron chi connectivity index (χ0n) is 17.5. The molecule has 0 saturated heterocycles. The highest BCUT2D eigenvalue weighted by Gasteiger charge is 2.18. The molecule has 0 fully saturated rings. The van der Waals surface area contributed by atoms with Crippen LogP contribution in [0.15, 0.2) is 112 Å². The number of fused-ring (bicyclic) bond motifs is 6. The van der Waals surface area contributed by atoms with Gasteiger partial charge in [0.2, 0.25) is 5.71 Å². The number of hydrogen-bond donors (Lipinski definition) is 0. The lowest BCUT2D eigenvalue weighted by Crippen LogP contribution is -2.11. The Kier molecular flexibility index (Phi) is 3.78. The van der Waals surface area contributed by atoms with Gasteiger partial charge >= 0.3 is 0 Å². The number of rotatable bonds is 3. The molecule has 4 aromatic heterocycles. The molecule has 4 heterocycles. The van der Waals surface area contributed by atoms with Gasteiger partial charge in [-0.15, -0.1) is 0 Å². The smallest absolute Gasteiger partial charge is 0.227 e. The van der Waals surface area contributed by atoms with E-state index in [9.17, 15) is 0 Å². The average molecular weight is 427 g/mol. The van der Waals surface area contributed by atoms with Gasteiger partial charge in [-0.05, 0) is 42.5 Å². The summed E-state index contributed by atoms with van der Waals surface area (Å²) in [6.45, 7) is 0. The lowest BCUT2D eigenvalue weighted by Gasteiger charge is -2.24. The van der Waals surface area contributed by atoms with Crippen molar-refractivity contribution in [2.24, 2.45) is 0 Å².